The summed E-state index contributed by atoms with van der Waals surface area (Å²) < 4.78 is 11.3. The van der Waals surface area contributed by atoms with Crippen molar-refractivity contribution >= 4 is 5.91 Å². The molecule has 0 saturated heterocycles. The molecule has 1 N–H and O–H groups in total. The second-order valence-electron chi connectivity index (χ2n) is 6.90. The van der Waals surface area contributed by atoms with Crippen LogP contribution in [0, 0.1) is 0 Å². The van der Waals surface area contributed by atoms with E-state index in [-0.39, 0.29) is 5.91 Å². The van der Waals surface area contributed by atoms with E-state index < -0.39 is 0 Å². The third-order valence-electron chi connectivity index (χ3n) is 4.83. The first-order valence-corrected chi connectivity index (χ1v) is 9.51. The van der Waals surface area contributed by atoms with E-state index in [2.05, 4.69) is 5.32 Å². The van der Waals surface area contributed by atoms with Crippen LogP contribution in [-0.4, -0.2) is 12.5 Å². The number of amides is 1. The number of hydrogen-bond acceptors (Lipinski definition) is 3. The Hall–Kier alpha value is -3.11. The highest BCUT2D eigenvalue weighted by molar-refractivity contribution is 5.94. The molecular formula is C24H23NO3. The zero-order valence-electron chi connectivity index (χ0n) is 15.7. The number of fused-ring (bicyclic) bond motifs is 1. The summed E-state index contributed by atoms with van der Waals surface area (Å²) in [5.74, 6) is 0.789. The Labute approximate surface area is 165 Å². The fraction of sp³-hybridized carbons (Fsp3) is 0.208. The van der Waals surface area contributed by atoms with E-state index >= 15 is 0 Å². The van der Waals surface area contributed by atoms with Crippen LogP contribution in [0.4, 0.5) is 0 Å². The second-order valence-corrected chi connectivity index (χ2v) is 6.90. The molecule has 1 aliphatic rings. The van der Waals surface area contributed by atoms with E-state index in [1.54, 1.807) is 0 Å². The summed E-state index contributed by atoms with van der Waals surface area (Å²) in [6.07, 6.45) is 0.752. The molecule has 0 aliphatic carbocycles. The van der Waals surface area contributed by atoms with Crippen LogP contribution < -0.4 is 10.1 Å². The molecule has 0 bridgehead atoms. The minimum absolute atomic E-state index is 0.0498. The van der Waals surface area contributed by atoms with Crippen LogP contribution in [-0.2, 0) is 31.0 Å². The average Bonchev–Trinajstić information content (AvgIpc) is 3.21. The molecule has 0 radical (unpaired) electrons. The van der Waals surface area contributed by atoms with Gasteiger partial charge in [-0.05, 0) is 52.9 Å². The van der Waals surface area contributed by atoms with Gasteiger partial charge in [0.05, 0.1) is 13.2 Å². The first kappa shape index (κ1) is 18.3. The standard InChI is InChI=1S/C24H23NO3/c26-24(20-9-10-21-16-27-17-22(21)14-20)25-12-11-18-7-4-8-23(13-18)28-15-19-5-2-1-3-6-19/h1-10,13-14H,11-12,15-17H2,(H,25,26). The first-order valence-electron chi connectivity index (χ1n) is 9.51. The molecule has 0 saturated carbocycles. The molecule has 3 aromatic rings. The van der Waals surface area contributed by atoms with Gasteiger partial charge in [-0.3, -0.25) is 4.79 Å². The molecule has 0 aromatic heterocycles. The van der Waals surface area contributed by atoms with Gasteiger partial charge in [0.15, 0.2) is 0 Å². The maximum Gasteiger partial charge on any atom is 0.251 e. The average molecular weight is 373 g/mol. The quantitative estimate of drug-likeness (QED) is 0.673. The van der Waals surface area contributed by atoms with Crippen molar-refractivity contribution in [3.05, 3.63) is 101 Å². The zero-order chi connectivity index (χ0) is 19.2. The molecule has 0 unspecified atom stereocenters. The van der Waals surface area contributed by atoms with Crippen molar-refractivity contribution in [2.24, 2.45) is 0 Å². The van der Waals surface area contributed by atoms with Gasteiger partial charge in [-0.15, -0.1) is 0 Å². The van der Waals surface area contributed by atoms with Crippen LogP contribution in [0.3, 0.4) is 0 Å². The highest BCUT2D eigenvalue weighted by atomic mass is 16.5. The van der Waals surface area contributed by atoms with Crippen molar-refractivity contribution in [3.8, 4) is 5.75 Å². The van der Waals surface area contributed by atoms with Crippen LogP contribution in [0.1, 0.15) is 32.6 Å². The molecule has 28 heavy (non-hydrogen) atoms. The van der Waals surface area contributed by atoms with Gasteiger partial charge in [-0.25, -0.2) is 0 Å². The van der Waals surface area contributed by atoms with E-state index in [1.807, 2.05) is 72.8 Å². The fourth-order valence-corrected chi connectivity index (χ4v) is 3.27. The van der Waals surface area contributed by atoms with Crippen LogP contribution in [0.5, 0.6) is 5.75 Å². The lowest BCUT2D eigenvalue weighted by Crippen LogP contribution is -2.25. The summed E-state index contributed by atoms with van der Waals surface area (Å²) >= 11 is 0. The molecule has 0 spiro atoms. The zero-order valence-corrected chi connectivity index (χ0v) is 15.7. The Morgan fingerprint density at radius 3 is 2.61 bits per heavy atom. The van der Waals surface area contributed by atoms with Crippen molar-refractivity contribution in [2.75, 3.05) is 6.54 Å². The molecule has 4 heteroatoms. The van der Waals surface area contributed by atoms with Gasteiger partial charge in [-0.1, -0.05) is 48.5 Å². The van der Waals surface area contributed by atoms with E-state index in [0.717, 1.165) is 28.9 Å². The Balaban J connectivity index is 1.28. The van der Waals surface area contributed by atoms with E-state index in [0.29, 0.717) is 31.9 Å². The third kappa shape index (κ3) is 4.59. The van der Waals surface area contributed by atoms with Gasteiger partial charge in [0.25, 0.3) is 5.91 Å². The van der Waals surface area contributed by atoms with Crippen LogP contribution >= 0.6 is 0 Å². The molecule has 142 valence electrons. The third-order valence-corrected chi connectivity index (χ3v) is 4.83. The highest BCUT2D eigenvalue weighted by Crippen LogP contribution is 2.21. The lowest BCUT2D eigenvalue weighted by atomic mass is 10.1. The molecule has 1 aliphatic heterocycles. The van der Waals surface area contributed by atoms with Crippen molar-refractivity contribution in [2.45, 2.75) is 26.2 Å². The fourth-order valence-electron chi connectivity index (χ4n) is 3.27. The normalized spacial score (nSPS) is 12.4. The minimum atomic E-state index is -0.0498. The molecule has 0 fully saturated rings. The van der Waals surface area contributed by atoms with Crippen LogP contribution in [0.15, 0.2) is 72.8 Å². The topological polar surface area (TPSA) is 47.6 Å². The summed E-state index contributed by atoms with van der Waals surface area (Å²) in [4.78, 5) is 12.4. The van der Waals surface area contributed by atoms with Gasteiger partial charge in [0, 0.05) is 12.1 Å². The number of ether oxygens (including phenoxy) is 2. The number of nitrogens with one attached hydrogen (secondary N) is 1. The summed E-state index contributed by atoms with van der Waals surface area (Å²) in [6.45, 7) is 2.35. The van der Waals surface area contributed by atoms with E-state index in [1.165, 1.54) is 5.56 Å². The summed E-state index contributed by atoms with van der Waals surface area (Å²) in [5, 5.41) is 3.00. The number of rotatable bonds is 7. The highest BCUT2D eigenvalue weighted by Gasteiger charge is 2.14. The monoisotopic (exact) mass is 373 g/mol. The maximum atomic E-state index is 12.4. The Kier molecular flexibility index (Phi) is 5.69. The lowest BCUT2D eigenvalue weighted by molar-refractivity contribution is 0.0954. The Morgan fingerprint density at radius 1 is 0.893 bits per heavy atom. The molecule has 1 heterocycles. The number of benzene rings is 3. The lowest BCUT2D eigenvalue weighted by Gasteiger charge is -2.09. The predicted molar refractivity (Wildman–Crippen MR) is 108 cm³/mol. The predicted octanol–water partition coefficient (Wildman–Crippen LogP) is 4.27. The Morgan fingerprint density at radius 2 is 1.71 bits per heavy atom. The smallest absolute Gasteiger partial charge is 0.251 e. The number of hydrogen-bond donors (Lipinski definition) is 1. The number of carbonyl (C=O) groups is 1. The molecular weight excluding hydrogens is 350 g/mol. The molecule has 3 aromatic carbocycles. The summed E-state index contributed by atoms with van der Waals surface area (Å²) in [7, 11) is 0. The van der Waals surface area contributed by atoms with E-state index in [9.17, 15) is 4.79 Å². The van der Waals surface area contributed by atoms with Gasteiger partial charge in [0.2, 0.25) is 0 Å². The Bertz CT molecular complexity index is 953. The minimum Gasteiger partial charge on any atom is -0.489 e. The summed E-state index contributed by atoms with van der Waals surface area (Å²) in [5.41, 5.74) is 5.23. The largest absolute Gasteiger partial charge is 0.489 e. The van der Waals surface area contributed by atoms with Gasteiger partial charge in [-0.2, -0.15) is 0 Å². The first-order chi connectivity index (χ1) is 13.8. The second kappa shape index (κ2) is 8.72. The summed E-state index contributed by atoms with van der Waals surface area (Å²) in [6, 6.07) is 23.9. The molecule has 1 amide bonds. The van der Waals surface area contributed by atoms with Gasteiger partial charge < -0.3 is 14.8 Å². The maximum absolute atomic E-state index is 12.4. The van der Waals surface area contributed by atoms with Crippen molar-refractivity contribution in [3.63, 3.8) is 0 Å². The molecule has 0 atom stereocenters. The van der Waals surface area contributed by atoms with Crippen LogP contribution in [0.2, 0.25) is 0 Å². The SMILES string of the molecule is O=C(NCCc1cccc(OCc2ccccc2)c1)c1ccc2c(c1)COC2. The molecule has 4 rings (SSSR count). The van der Waals surface area contributed by atoms with Crippen LogP contribution in [0.25, 0.3) is 0 Å². The van der Waals surface area contributed by atoms with Gasteiger partial charge >= 0.3 is 0 Å². The van der Waals surface area contributed by atoms with Crippen molar-refractivity contribution in [1.29, 1.82) is 0 Å². The van der Waals surface area contributed by atoms with Crippen molar-refractivity contribution in [1.82, 2.24) is 5.32 Å². The number of carbonyl (C=O) groups excluding carboxylic acids is 1. The molecule has 4 nitrogen and oxygen atoms in total. The van der Waals surface area contributed by atoms with E-state index in [4.69, 9.17) is 9.47 Å². The van der Waals surface area contributed by atoms with Crippen molar-refractivity contribution < 1.29 is 14.3 Å². The van der Waals surface area contributed by atoms with Gasteiger partial charge in [0.1, 0.15) is 12.4 Å².